The Hall–Kier alpha value is -0.610. The first-order valence-electron chi connectivity index (χ1n) is 8.85. The lowest BCUT2D eigenvalue weighted by Crippen LogP contribution is -2.52. The molecule has 2 heterocycles. The van der Waals surface area contributed by atoms with Crippen molar-refractivity contribution in [1.82, 2.24) is 15.1 Å². The molecule has 1 N–H and O–H groups in total. The van der Waals surface area contributed by atoms with Gasteiger partial charge in [-0.2, -0.15) is 0 Å². The molecule has 4 nitrogen and oxygen atoms in total. The van der Waals surface area contributed by atoms with E-state index >= 15 is 0 Å². The first-order chi connectivity index (χ1) is 10.1. The maximum atomic E-state index is 12.8. The van der Waals surface area contributed by atoms with Gasteiger partial charge in [-0.05, 0) is 71.9 Å². The van der Waals surface area contributed by atoms with E-state index in [9.17, 15) is 4.79 Å². The SMILES string of the molecule is CC(C)N(CC1CCNCC1)C(C)C(=O)N1CCCCC1. The van der Waals surface area contributed by atoms with E-state index in [1.807, 2.05) is 0 Å². The Morgan fingerprint density at radius 1 is 1.14 bits per heavy atom. The summed E-state index contributed by atoms with van der Waals surface area (Å²) in [6.45, 7) is 11.8. The highest BCUT2D eigenvalue weighted by molar-refractivity contribution is 5.81. The van der Waals surface area contributed by atoms with Crippen LogP contribution in [-0.4, -0.2) is 60.5 Å². The van der Waals surface area contributed by atoms with E-state index in [4.69, 9.17) is 0 Å². The molecule has 0 aliphatic carbocycles. The lowest BCUT2D eigenvalue weighted by Gasteiger charge is -2.39. The van der Waals surface area contributed by atoms with Gasteiger partial charge in [0.1, 0.15) is 0 Å². The first kappa shape index (κ1) is 16.8. The van der Waals surface area contributed by atoms with Gasteiger partial charge in [-0.1, -0.05) is 0 Å². The number of carbonyl (C=O) groups is 1. The maximum absolute atomic E-state index is 12.8. The molecular weight excluding hydrogens is 262 g/mol. The standard InChI is InChI=1S/C17H33N3O/c1-14(2)20(13-16-7-9-18-10-8-16)15(3)17(21)19-11-5-4-6-12-19/h14-16,18H,4-13H2,1-3H3. The van der Waals surface area contributed by atoms with Gasteiger partial charge in [0.05, 0.1) is 6.04 Å². The molecule has 122 valence electrons. The van der Waals surface area contributed by atoms with Crippen LogP contribution in [0.5, 0.6) is 0 Å². The van der Waals surface area contributed by atoms with E-state index in [0.717, 1.165) is 38.6 Å². The van der Waals surface area contributed by atoms with Crippen molar-refractivity contribution >= 4 is 5.91 Å². The molecule has 0 aromatic rings. The second kappa shape index (κ2) is 8.14. The van der Waals surface area contributed by atoms with Gasteiger partial charge < -0.3 is 10.2 Å². The normalized spacial score (nSPS) is 22.8. The summed E-state index contributed by atoms with van der Waals surface area (Å²) >= 11 is 0. The largest absolute Gasteiger partial charge is 0.341 e. The van der Waals surface area contributed by atoms with Crippen LogP contribution in [-0.2, 0) is 4.79 Å². The van der Waals surface area contributed by atoms with Gasteiger partial charge in [0.2, 0.25) is 5.91 Å². The van der Waals surface area contributed by atoms with E-state index < -0.39 is 0 Å². The molecule has 1 atom stereocenters. The highest BCUT2D eigenvalue weighted by atomic mass is 16.2. The van der Waals surface area contributed by atoms with Gasteiger partial charge >= 0.3 is 0 Å². The molecule has 4 heteroatoms. The Balaban J connectivity index is 1.93. The first-order valence-corrected chi connectivity index (χ1v) is 8.85. The maximum Gasteiger partial charge on any atom is 0.239 e. The van der Waals surface area contributed by atoms with Crippen LogP contribution in [0.15, 0.2) is 0 Å². The molecule has 1 unspecified atom stereocenters. The molecule has 0 bridgehead atoms. The van der Waals surface area contributed by atoms with Crippen LogP contribution in [0.2, 0.25) is 0 Å². The van der Waals surface area contributed by atoms with Crippen molar-refractivity contribution in [3.63, 3.8) is 0 Å². The van der Waals surface area contributed by atoms with Gasteiger partial charge in [-0.15, -0.1) is 0 Å². The van der Waals surface area contributed by atoms with Crippen molar-refractivity contribution in [3.8, 4) is 0 Å². The van der Waals surface area contributed by atoms with E-state index in [1.165, 1.54) is 32.1 Å². The highest BCUT2D eigenvalue weighted by Gasteiger charge is 2.30. The number of rotatable bonds is 5. The number of likely N-dealkylation sites (tertiary alicyclic amines) is 1. The molecule has 0 aromatic heterocycles. The fraction of sp³-hybridized carbons (Fsp3) is 0.941. The third kappa shape index (κ3) is 4.68. The molecule has 2 saturated heterocycles. The highest BCUT2D eigenvalue weighted by Crippen LogP contribution is 2.19. The van der Waals surface area contributed by atoms with Gasteiger partial charge in [-0.3, -0.25) is 9.69 Å². The summed E-state index contributed by atoms with van der Waals surface area (Å²) in [5.74, 6) is 1.09. The molecular formula is C17H33N3O. The summed E-state index contributed by atoms with van der Waals surface area (Å²) in [5.41, 5.74) is 0. The molecule has 0 saturated carbocycles. The third-order valence-electron chi connectivity index (χ3n) is 5.11. The van der Waals surface area contributed by atoms with Crippen LogP contribution in [0.4, 0.5) is 0 Å². The summed E-state index contributed by atoms with van der Waals surface area (Å²) in [5, 5.41) is 3.43. The molecule has 0 aromatic carbocycles. The monoisotopic (exact) mass is 295 g/mol. The lowest BCUT2D eigenvalue weighted by atomic mass is 9.96. The minimum absolute atomic E-state index is 0.0259. The quantitative estimate of drug-likeness (QED) is 0.844. The molecule has 1 amide bonds. The van der Waals surface area contributed by atoms with Crippen LogP contribution in [0.1, 0.15) is 52.9 Å². The number of nitrogens with one attached hydrogen (secondary N) is 1. The minimum atomic E-state index is 0.0259. The Morgan fingerprint density at radius 3 is 2.33 bits per heavy atom. The Kier molecular flexibility index (Phi) is 6.49. The summed E-state index contributed by atoms with van der Waals surface area (Å²) in [7, 11) is 0. The van der Waals surface area contributed by atoms with Gasteiger partial charge in [-0.25, -0.2) is 0 Å². The van der Waals surface area contributed by atoms with E-state index in [0.29, 0.717) is 11.9 Å². The number of hydrogen-bond donors (Lipinski definition) is 1. The van der Waals surface area contributed by atoms with Crippen molar-refractivity contribution in [2.45, 2.75) is 65.0 Å². The van der Waals surface area contributed by atoms with Gasteiger partial charge in [0.15, 0.2) is 0 Å². The topological polar surface area (TPSA) is 35.6 Å². The van der Waals surface area contributed by atoms with Crippen molar-refractivity contribution < 1.29 is 4.79 Å². The van der Waals surface area contributed by atoms with Crippen LogP contribution in [0.3, 0.4) is 0 Å². The Morgan fingerprint density at radius 2 is 1.76 bits per heavy atom. The Labute approximate surface area is 130 Å². The van der Waals surface area contributed by atoms with Crippen molar-refractivity contribution in [2.75, 3.05) is 32.7 Å². The molecule has 0 radical (unpaired) electrons. The predicted octanol–water partition coefficient (Wildman–Crippen LogP) is 2.10. The lowest BCUT2D eigenvalue weighted by molar-refractivity contribution is -0.138. The molecule has 0 spiro atoms. The van der Waals surface area contributed by atoms with Crippen molar-refractivity contribution in [2.24, 2.45) is 5.92 Å². The second-order valence-electron chi connectivity index (χ2n) is 7.05. The van der Waals surface area contributed by atoms with Crippen molar-refractivity contribution in [1.29, 1.82) is 0 Å². The number of piperidine rings is 2. The van der Waals surface area contributed by atoms with Gasteiger partial charge in [0.25, 0.3) is 0 Å². The number of nitrogens with zero attached hydrogens (tertiary/aromatic N) is 2. The Bertz CT molecular complexity index is 320. The number of carbonyl (C=O) groups excluding carboxylic acids is 1. The van der Waals surface area contributed by atoms with Crippen LogP contribution >= 0.6 is 0 Å². The zero-order chi connectivity index (χ0) is 15.2. The molecule has 2 rings (SSSR count). The average Bonchev–Trinajstić information content (AvgIpc) is 2.53. The number of hydrogen-bond acceptors (Lipinski definition) is 3. The average molecular weight is 295 g/mol. The molecule has 2 aliphatic rings. The summed E-state index contributed by atoms with van der Waals surface area (Å²) in [4.78, 5) is 17.3. The summed E-state index contributed by atoms with van der Waals surface area (Å²) in [6, 6.07) is 0.460. The minimum Gasteiger partial charge on any atom is -0.341 e. The zero-order valence-electron chi connectivity index (χ0n) is 14.1. The third-order valence-corrected chi connectivity index (χ3v) is 5.11. The van der Waals surface area contributed by atoms with Crippen LogP contribution < -0.4 is 5.32 Å². The molecule has 2 fully saturated rings. The van der Waals surface area contributed by atoms with Gasteiger partial charge in [0, 0.05) is 25.7 Å². The fourth-order valence-corrected chi connectivity index (χ4v) is 3.70. The second-order valence-corrected chi connectivity index (χ2v) is 7.05. The van der Waals surface area contributed by atoms with E-state index in [1.54, 1.807) is 0 Å². The zero-order valence-corrected chi connectivity index (χ0v) is 14.1. The summed E-state index contributed by atoms with van der Waals surface area (Å²) in [6.07, 6.45) is 6.12. The fourth-order valence-electron chi connectivity index (χ4n) is 3.70. The smallest absolute Gasteiger partial charge is 0.239 e. The van der Waals surface area contributed by atoms with E-state index in [2.05, 4.69) is 35.9 Å². The van der Waals surface area contributed by atoms with Crippen LogP contribution in [0, 0.1) is 5.92 Å². The molecule has 2 aliphatic heterocycles. The number of amides is 1. The summed E-state index contributed by atoms with van der Waals surface area (Å²) < 4.78 is 0. The van der Waals surface area contributed by atoms with Crippen molar-refractivity contribution in [3.05, 3.63) is 0 Å². The predicted molar refractivity (Wildman–Crippen MR) is 87.3 cm³/mol. The van der Waals surface area contributed by atoms with E-state index in [-0.39, 0.29) is 6.04 Å². The van der Waals surface area contributed by atoms with Crippen LogP contribution in [0.25, 0.3) is 0 Å². The molecule has 21 heavy (non-hydrogen) atoms.